The monoisotopic (exact) mass is 466 g/mol. The molecular weight excluding hydrogens is 440 g/mol. The summed E-state index contributed by atoms with van der Waals surface area (Å²) >= 11 is 0. The van der Waals surface area contributed by atoms with Crippen molar-refractivity contribution in [1.82, 2.24) is 9.88 Å². The van der Waals surface area contributed by atoms with Gasteiger partial charge in [0.2, 0.25) is 0 Å². The van der Waals surface area contributed by atoms with Crippen LogP contribution in [0.4, 0.5) is 5.82 Å². The number of piperazine rings is 1. The number of carbonyl (C=O) groups excluding carboxylic acids is 1. The lowest BCUT2D eigenvalue weighted by Gasteiger charge is -2.37. The number of rotatable bonds is 6. The molecule has 35 heavy (non-hydrogen) atoms. The standard InChI is InChI=1S/C27H26N6O2/c1-35-27(34)21-9-6-19(7-10-21)16-24(29)22-4-2-3-5-23(22)26(30)33-14-12-32(13-15-33)25-11-8-20(17-28)18-31-25/h2-11,18,29-30H,12-16H2,1H3. The maximum Gasteiger partial charge on any atom is 0.337 e. The van der Waals surface area contributed by atoms with Gasteiger partial charge >= 0.3 is 5.97 Å². The molecule has 3 aromatic rings. The van der Waals surface area contributed by atoms with E-state index in [4.69, 9.17) is 20.8 Å². The number of ether oxygens (including phenoxy) is 1. The molecule has 0 spiro atoms. The Bertz CT molecular complexity index is 1270. The molecule has 4 rings (SSSR count). The van der Waals surface area contributed by atoms with Crippen LogP contribution in [0.5, 0.6) is 0 Å². The summed E-state index contributed by atoms with van der Waals surface area (Å²) in [7, 11) is 1.35. The van der Waals surface area contributed by atoms with Crippen LogP contribution in [0.3, 0.4) is 0 Å². The molecular formula is C27H26N6O2. The lowest BCUT2D eigenvalue weighted by atomic mass is 9.96. The van der Waals surface area contributed by atoms with Crippen molar-refractivity contribution in [3.63, 3.8) is 0 Å². The Balaban J connectivity index is 1.43. The summed E-state index contributed by atoms with van der Waals surface area (Å²) in [6.07, 6.45) is 1.97. The Kier molecular flexibility index (Phi) is 7.17. The van der Waals surface area contributed by atoms with Crippen LogP contribution in [0.25, 0.3) is 0 Å². The highest BCUT2D eigenvalue weighted by atomic mass is 16.5. The van der Waals surface area contributed by atoms with Gasteiger partial charge < -0.3 is 19.9 Å². The molecule has 0 amide bonds. The molecule has 0 bridgehead atoms. The number of carbonyl (C=O) groups is 1. The van der Waals surface area contributed by atoms with Crippen molar-refractivity contribution in [3.05, 3.63) is 94.7 Å². The van der Waals surface area contributed by atoms with Gasteiger partial charge in [-0.05, 0) is 29.8 Å². The van der Waals surface area contributed by atoms with Gasteiger partial charge in [-0.3, -0.25) is 5.41 Å². The summed E-state index contributed by atoms with van der Waals surface area (Å²) in [6.45, 7) is 2.76. The summed E-state index contributed by atoms with van der Waals surface area (Å²) in [6, 6.07) is 20.3. The molecule has 176 valence electrons. The molecule has 2 heterocycles. The summed E-state index contributed by atoms with van der Waals surface area (Å²) in [4.78, 5) is 20.2. The molecule has 1 aromatic heterocycles. The first-order valence-corrected chi connectivity index (χ1v) is 11.3. The molecule has 8 nitrogen and oxygen atoms in total. The average Bonchev–Trinajstić information content (AvgIpc) is 2.92. The van der Waals surface area contributed by atoms with E-state index in [1.165, 1.54) is 7.11 Å². The zero-order chi connectivity index (χ0) is 24.8. The number of aromatic nitrogens is 1. The number of nitrogens with one attached hydrogen (secondary N) is 2. The van der Waals surface area contributed by atoms with Crippen LogP contribution in [-0.4, -0.2) is 60.7 Å². The van der Waals surface area contributed by atoms with Gasteiger partial charge in [0.1, 0.15) is 17.7 Å². The normalized spacial score (nSPS) is 13.1. The lowest BCUT2D eigenvalue weighted by molar-refractivity contribution is 0.0600. The van der Waals surface area contributed by atoms with Crippen LogP contribution >= 0.6 is 0 Å². The van der Waals surface area contributed by atoms with E-state index in [0.717, 1.165) is 22.5 Å². The van der Waals surface area contributed by atoms with Crippen LogP contribution in [0.15, 0.2) is 66.9 Å². The molecule has 0 aliphatic carbocycles. The number of esters is 1. The van der Waals surface area contributed by atoms with Crippen LogP contribution in [0, 0.1) is 22.1 Å². The first-order valence-electron chi connectivity index (χ1n) is 11.3. The molecule has 8 heteroatoms. The minimum atomic E-state index is -0.388. The number of anilines is 1. The molecule has 0 saturated carbocycles. The van der Waals surface area contributed by atoms with E-state index in [1.807, 2.05) is 47.4 Å². The van der Waals surface area contributed by atoms with Gasteiger partial charge in [-0.2, -0.15) is 5.26 Å². The summed E-state index contributed by atoms with van der Waals surface area (Å²) in [5.41, 5.74) is 3.79. The SMILES string of the molecule is COC(=O)c1ccc(CC(=N)c2ccccc2C(=N)N2CCN(c3ccc(C#N)cn3)CC2)cc1. The molecule has 0 unspecified atom stereocenters. The van der Waals surface area contributed by atoms with Gasteiger partial charge in [0.05, 0.1) is 18.2 Å². The molecule has 1 saturated heterocycles. The molecule has 1 fully saturated rings. The van der Waals surface area contributed by atoms with E-state index in [-0.39, 0.29) is 5.97 Å². The van der Waals surface area contributed by atoms with E-state index >= 15 is 0 Å². The first kappa shape index (κ1) is 23.6. The fourth-order valence-electron chi connectivity index (χ4n) is 4.10. The van der Waals surface area contributed by atoms with Gasteiger partial charge in [-0.15, -0.1) is 0 Å². The first-order chi connectivity index (χ1) is 17.0. The Morgan fingerprint density at radius 1 is 1.00 bits per heavy atom. The molecule has 2 N–H and O–H groups in total. The Morgan fingerprint density at radius 2 is 1.69 bits per heavy atom. The second-order valence-corrected chi connectivity index (χ2v) is 8.23. The molecule has 0 radical (unpaired) electrons. The third kappa shape index (κ3) is 5.36. The van der Waals surface area contributed by atoms with E-state index < -0.39 is 0 Å². The summed E-state index contributed by atoms with van der Waals surface area (Å²) in [5, 5.41) is 26.5. The average molecular weight is 467 g/mol. The molecule has 1 aliphatic rings. The zero-order valence-electron chi connectivity index (χ0n) is 19.5. The van der Waals surface area contributed by atoms with Crippen LogP contribution < -0.4 is 4.90 Å². The molecule has 1 aliphatic heterocycles. The predicted molar refractivity (Wildman–Crippen MR) is 134 cm³/mol. The lowest BCUT2D eigenvalue weighted by Crippen LogP contribution is -2.49. The van der Waals surface area contributed by atoms with E-state index in [9.17, 15) is 4.79 Å². The number of hydrogen-bond donors (Lipinski definition) is 2. The third-order valence-corrected chi connectivity index (χ3v) is 6.06. The summed E-state index contributed by atoms with van der Waals surface area (Å²) < 4.78 is 4.74. The largest absolute Gasteiger partial charge is 0.465 e. The zero-order valence-corrected chi connectivity index (χ0v) is 19.5. The van der Waals surface area contributed by atoms with Crippen LogP contribution in [0.1, 0.15) is 32.6 Å². The predicted octanol–water partition coefficient (Wildman–Crippen LogP) is 3.50. The van der Waals surface area contributed by atoms with Gasteiger partial charge in [0, 0.05) is 55.6 Å². The van der Waals surface area contributed by atoms with Gasteiger partial charge in [-0.25, -0.2) is 9.78 Å². The number of methoxy groups -OCH3 is 1. The van der Waals surface area contributed by atoms with E-state index in [1.54, 1.807) is 24.4 Å². The minimum Gasteiger partial charge on any atom is -0.465 e. The number of pyridine rings is 1. The highest BCUT2D eigenvalue weighted by Crippen LogP contribution is 2.19. The van der Waals surface area contributed by atoms with Crippen molar-refractivity contribution in [2.75, 3.05) is 38.2 Å². The Labute approximate surface area is 204 Å². The number of benzene rings is 2. The fourth-order valence-corrected chi connectivity index (χ4v) is 4.10. The highest BCUT2D eigenvalue weighted by Gasteiger charge is 2.23. The number of hydrogen-bond acceptors (Lipinski definition) is 7. The number of nitrogens with zero attached hydrogens (tertiary/aromatic N) is 4. The molecule has 0 atom stereocenters. The van der Waals surface area contributed by atoms with Gasteiger partial charge in [-0.1, -0.05) is 36.4 Å². The highest BCUT2D eigenvalue weighted by molar-refractivity contribution is 6.10. The second-order valence-electron chi connectivity index (χ2n) is 8.23. The third-order valence-electron chi connectivity index (χ3n) is 6.06. The maximum absolute atomic E-state index is 11.7. The van der Waals surface area contributed by atoms with Crippen molar-refractivity contribution in [2.24, 2.45) is 0 Å². The van der Waals surface area contributed by atoms with Crippen molar-refractivity contribution in [2.45, 2.75) is 6.42 Å². The van der Waals surface area contributed by atoms with Gasteiger partial charge in [0.25, 0.3) is 0 Å². The smallest absolute Gasteiger partial charge is 0.337 e. The van der Waals surface area contributed by atoms with Crippen molar-refractivity contribution in [3.8, 4) is 6.07 Å². The van der Waals surface area contributed by atoms with Gasteiger partial charge in [0.15, 0.2) is 0 Å². The second kappa shape index (κ2) is 10.6. The quantitative estimate of drug-likeness (QED) is 0.326. The minimum absolute atomic E-state index is 0.388. The maximum atomic E-state index is 11.7. The fraction of sp³-hybridized carbons (Fsp3) is 0.222. The van der Waals surface area contributed by atoms with E-state index in [0.29, 0.717) is 55.3 Å². The summed E-state index contributed by atoms with van der Waals surface area (Å²) in [5.74, 6) is 0.842. The Morgan fingerprint density at radius 3 is 2.29 bits per heavy atom. The van der Waals surface area contributed by atoms with Crippen LogP contribution in [0.2, 0.25) is 0 Å². The van der Waals surface area contributed by atoms with Crippen molar-refractivity contribution >= 4 is 23.3 Å². The number of amidine groups is 1. The van der Waals surface area contributed by atoms with Crippen LogP contribution in [-0.2, 0) is 11.2 Å². The van der Waals surface area contributed by atoms with Crippen molar-refractivity contribution in [1.29, 1.82) is 16.1 Å². The topological polar surface area (TPSA) is 117 Å². The molecule has 2 aromatic carbocycles. The van der Waals surface area contributed by atoms with E-state index in [2.05, 4.69) is 16.0 Å². The van der Waals surface area contributed by atoms with Crippen molar-refractivity contribution < 1.29 is 9.53 Å². The number of nitriles is 1. The Hall–Kier alpha value is -4.51.